The van der Waals surface area contributed by atoms with Gasteiger partial charge in [0.05, 0.1) is 6.10 Å². The molecular formula is C12H16OS. The highest BCUT2D eigenvalue weighted by Gasteiger charge is 1.97. The van der Waals surface area contributed by atoms with Crippen molar-refractivity contribution in [3.05, 3.63) is 48.6 Å². The second-order valence-corrected chi connectivity index (χ2v) is 4.24. The van der Waals surface area contributed by atoms with E-state index in [1.54, 1.807) is 6.08 Å². The van der Waals surface area contributed by atoms with Crippen LogP contribution in [-0.2, 0) is 5.75 Å². The van der Waals surface area contributed by atoms with Crippen LogP contribution in [0.5, 0.6) is 0 Å². The van der Waals surface area contributed by atoms with Gasteiger partial charge in [-0.2, -0.15) is 11.8 Å². The Bertz CT molecular complexity index is 258. The average molecular weight is 208 g/mol. The summed E-state index contributed by atoms with van der Waals surface area (Å²) in [4.78, 5) is 0. The van der Waals surface area contributed by atoms with E-state index in [0.717, 1.165) is 17.9 Å². The van der Waals surface area contributed by atoms with Gasteiger partial charge in [-0.1, -0.05) is 36.4 Å². The lowest BCUT2D eigenvalue weighted by Gasteiger charge is -2.04. The minimum atomic E-state index is -0.349. The molecule has 0 spiro atoms. The van der Waals surface area contributed by atoms with Crippen LogP contribution in [0.4, 0.5) is 0 Å². The van der Waals surface area contributed by atoms with Crippen LogP contribution in [-0.4, -0.2) is 17.0 Å². The van der Waals surface area contributed by atoms with Crippen molar-refractivity contribution in [2.45, 2.75) is 18.3 Å². The molecule has 0 amide bonds. The van der Waals surface area contributed by atoms with Gasteiger partial charge in [0.1, 0.15) is 0 Å². The first-order valence-corrected chi connectivity index (χ1v) is 5.90. The molecule has 0 heterocycles. The summed E-state index contributed by atoms with van der Waals surface area (Å²) in [5.74, 6) is 1.99. The minimum Gasteiger partial charge on any atom is -0.389 e. The summed E-state index contributed by atoms with van der Waals surface area (Å²) in [7, 11) is 0. The van der Waals surface area contributed by atoms with Gasteiger partial charge in [-0.05, 0) is 17.7 Å². The zero-order valence-electron chi connectivity index (χ0n) is 8.23. The molecule has 0 aliphatic carbocycles. The Morgan fingerprint density at radius 3 is 2.71 bits per heavy atom. The molecule has 0 fully saturated rings. The van der Waals surface area contributed by atoms with Gasteiger partial charge in [0.25, 0.3) is 0 Å². The van der Waals surface area contributed by atoms with Gasteiger partial charge < -0.3 is 5.11 Å². The van der Waals surface area contributed by atoms with Crippen LogP contribution in [0, 0.1) is 0 Å². The number of rotatable bonds is 6. The highest BCUT2D eigenvalue weighted by atomic mass is 32.2. The minimum absolute atomic E-state index is 0.349. The van der Waals surface area contributed by atoms with Crippen molar-refractivity contribution in [1.82, 2.24) is 0 Å². The average Bonchev–Trinajstić information content (AvgIpc) is 2.25. The molecule has 1 aromatic rings. The van der Waals surface area contributed by atoms with Gasteiger partial charge in [0.15, 0.2) is 0 Å². The lowest BCUT2D eigenvalue weighted by molar-refractivity contribution is 0.221. The van der Waals surface area contributed by atoms with Crippen LogP contribution in [0.15, 0.2) is 43.0 Å². The topological polar surface area (TPSA) is 20.2 Å². The van der Waals surface area contributed by atoms with Crippen LogP contribution in [0.1, 0.15) is 12.0 Å². The predicted octanol–water partition coefficient (Wildman–Crippen LogP) is 2.86. The van der Waals surface area contributed by atoms with E-state index in [4.69, 9.17) is 0 Å². The second kappa shape index (κ2) is 6.68. The maximum absolute atomic E-state index is 9.22. The molecule has 0 bridgehead atoms. The van der Waals surface area contributed by atoms with Crippen molar-refractivity contribution in [3.8, 4) is 0 Å². The summed E-state index contributed by atoms with van der Waals surface area (Å²) in [5, 5.41) is 9.22. The van der Waals surface area contributed by atoms with Gasteiger partial charge >= 0.3 is 0 Å². The largest absolute Gasteiger partial charge is 0.389 e. The summed E-state index contributed by atoms with van der Waals surface area (Å²) in [6.07, 6.45) is 2.03. The standard InChI is InChI=1S/C12H16OS/c1-2-12(13)8-9-14-10-11-6-4-3-5-7-11/h2-7,12-13H,1,8-10H2. The van der Waals surface area contributed by atoms with E-state index in [-0.39, 0.29) is 6.10 Å². The summed E-state index contributed by atoms with van der Waals surface area (Å²) >= 11 is 1.84. The zero-order chi connectivity index (χ0) is 10.2. The third kappa shape index (κ3) is 4.49. The molecule has 14 heavy (non-hydrogen) atoms. The Balaban J connectivity index is 2.13. The smallest absolute Gasteiger partial charge is 0.0726 e. The first-order valence-electron chi connectivity index (χ1n) is 4.75. The summed E-state index contributed by atoms with van der Waals surface area (Å²) in [5.41, 5.74) is 1.34. The van der Waals surface area contributed by atoms with Crippen molar-refractivity contribution < 1.29 is 5.11 Å². The van der Waals surface area contributed by atoms with Gasteiger partial charge in [0, 0.05) is 5.75 Å². The molecule has 1 atom stereocenters. The number of benzene rings is 1. The van der Waals surface area contributed by atoms with E-state index in [2.05, 4.69) is 30.8 Å². The molecule has 0 aromatic heterocycles. The van der Waals surface area contributed by atoms with Crippen LogP contribution in [0.2, 0.25) is 0 Å². The summed E-state index contributed by atoms with van der Waals surface area (Å²) in [6.45, 7) is 3.54. The predicted molar refractivity (Wildman–Crippen MR) is 63.4 cm³/mol. The van der Waals surface area contributed by atoms with E-state index in [0.29, 0.717) is 0 Å². The lowest BCUT2D eigenvalue weighted by atomic mass is 10.2. The Morgan fingerprint density at radius 1 is 1.36 bits per heavy atom. The third-order valence-electron chi connectivity index (χ3n) is 1.94. The Morgan fingerprint density at radius 2 is 2.07 bits per heavy atom. The van der Waals surface area contributed by atoms with Gasteiger partial charge in [-0.15, -0.1) is 6.58 Å². The normalized spacial score (nSPS) is 12.4. The summed E-state index contributed by atoms with van der Waals surface area (Å²) < 4.78 is 0. The lowest BCUT2D eigenvalue weighted by Crippen LogP contribution is -2.02. The molecule has 1 nitrogen and oxygen atoms in total. The highest BCUT2D eigenvalue weighted by molar-refractivity contribution is 7.98. The molecule has 1 unspecified atom stereocenters. The fourth-order valence-electron chi connectivity index (χ4n) is 1.09. The third-order valence-corrected chi connectivity index (χ3v) is 3.00. The van der Waals surface area contributed by atoms with Crippen molar-refractivity contribution >= 4 is 11.8 Å². The molecule has 0 radical (unpaired) electrons. The molecule has 0 saturated heterocycles. The Labute approximate surface area is 89.8 Å². The SMILES string of the molecule is C=CC(O)CCSCc1ccccc1. The van der Waals surface area contributed by atoms with E-state index in [1.807, 2.05) is 17.8 Å². The molecule has 76 valence electrons. The van der Waals surface area contributed by atoms with Gasteiger partial charge in [-0.25, -0.2) is 0 Å². The molecule has 1 aromatic carbocycles. The van der Waals surface area contributed by atoms with Crippen LogP contribution < -0.4 is 0 Å². The molecule has 2 heteroatoms. The van der Waals surface area contributed by atoms with Gasteiger partial charge in [0.2, 0.25) is 0 Å². The molecule has 0 saturated carbocycles. The van der Waals surface area contributed by atoms with Crippen LogP contribution in [0.25, 0.3) is 0 Å². The molecule has 1 rings (SSSR count). The van der Waals surface area contributed by atoms with Crippen LogP contribution in [0.3, 0.4) is 0 Å². The van der Waals surface area contributed by atoms with Crippen molar-refractivity contribution in [1.29, 1.82) is 0 Å². The second-order valence-electron chi connectivity index (χ2n) is 3.13. The molecule has 0 aliphatic rings. The van der Waals surface area contributed by atoms with E-state index >= 15 is 0 Å². The van der Waals surface area contributed by atoms with Crippen molar-refractivity contribution in [2.24, 2.45) is 0 Å². The van der Waals surface area contributed by atoms with Crippen LogP contribution >= 0.6 is 11.8 Å². The number of hydrogen-bond donors (Lipinski definition) is 1. The number of hydrogen-bond acceptors (Lipinski definition) is 2. The first-order chi connectivity index (χ1) is 6.83. The van der Waals surface area contributed by atoms with E-state index < -0.39 is 0 Å². The highest BCUT2D eigenvalue weighted by Crippen LogP contribution is 2.13. The maximum Gasteiger partial charge on any atom is 0.0726 e. The number of thioether (sulfide) groups is 1. The number of aliphatic hydroxyl groups excluding tert-OH is 1. The number of aliphatic hydroxyl groups is 1. The molecule has 0 aliphatic heterocycles. The fraction of sp³-hybridized carbons (Fsp3) is 0.333. The van der Waals surface area contributed by atoms with E-state index in [9.17, 15) is 5.11 Å². The Kier molecular flexibility index (Phi) is 5.42. The van der Waals surface area contributed by atoms with Crippen molar-refractivity contribution in [2.75, 3.05) is 5.75 Å². The molecule has 1 N–H and O–H groups in total. The van der Waals surface area contributed by atoms with Gasteiger partial charge in [-0.3, -0.25) is 0 Å². The molecular weight excluding hydrogens is 192 g/mol. The zero-order valence-corrected chi connectivity index (χ0v) is 9.04. The van der Waals surface area contributed by atoms with Crippen molar-refractivity contribution in [3.63, 3.8) is 0 Å². The fourth-order valence-corrected chi connectivity index (χ4v) is 2.07. The quantitative estimate of drug-likeness (QED) is 0.573. The maximum atomic E-state index is 9.22. The Hall–Kier alpha value is -0.730. The monoisotopic (exact) mass is 208 g/mol. The summed E-state index contributed by atoms with van der Waals surface area (Å²) in [6, 6.07) is 10.4. The van der Waals surface area contributed by atoms with E-state index in [1.165, 1.54) is 5.56 Å². The first kappa shape index (κ1) is 11.3.